The van der Waals surface area contributed by atoms with Crippen LogP contribution in [0, 0.1) is 11.3 Å². The molecule has 1 N–H and O–H groups in total. The lowest BCUT2D eigenvalue weighted by molar-refractivity contribution is 0.386. The van der Waals surface area contributed by atoms with Gasteiger partial charge in [-0.15, -0.1) is 0 Å². The largest absolute Gasteiger partial charge is 0.334 e. The third-order valence-corrected chi connectivity index (χ3v) is 3.13. The van der Waals surface area contributed by atoms with Gasteiger partial charge >= 0.3 is 0 Å². The van der Waals surface area contributed by atoms with Gasteiger partial charge in [0.15, 0.2) is 0 Å². The fraction of sp³-hybridized carbons (Fsp3) is 0.769. The molecule has 0 amide bonds. The molecule has 1 saturated heterocycles. The summed E-state index contributed by atoms with van der Waals surface area (Å²) in [6.45, 7) is 10.3. The Morgan fingerprint density at radius 1 is 1.50 bits per heavy atom. The molecule has 0 aliphatic carbocycles. The maximum absolute atomic E-state index is 4.29. The summed E-state index contributed by atoms with van der Waals surface area (Å²) in [4.78, 5) is 4.29. The summed E-state index contributed by atoms with van der Waals surface area (Å²) < 4.78 is 2.34. The lowest BCUT2D eigenvalue weighted by Crippen LogP contribution is -2.18. The topological polar surface area (TPSA) is 29.9 Å². The van der Waals surface area contributed by atoms with Crippen molar-refractivity contribution in [1.82, 2.24) is 14.9 Å². The first kappa shape index (κ1) is 11.6. The molecule has 1 aromatic heterocycles. The minimum atomic E-state index is 0.339. The molecule has 1 atom stereocenters. The van der Waals surface area contributed by atoms with E-state index in [2.05, 4.69) is 35.6 Å². The van der Waals surface area contributed by atoms with Crippen LogP contribution >= 0.6 is 0 Å². The van der Waals surface area contributed by atoms with E-state index in [9.17, 15) is 0 Å². The highest BCUT2D eigenvalue weighted by Crippen LogP contribution is 2.21. The maximum Gasteiger partial charge on any atom is 0.0948 e. The van der Waals surface area contributed by atoms with Crippen molar-refractivity contribution in [3.63, 3.8) is 0 Å². The molecule has 1 fully saturated rings. The summed E-state index contributed by atoms with van der Waals surface area (Å²) in [6.07, 6.45) is 6.41. The quantitative estimate of drug-likeness (QED) is 0.847. The molecular weight excluding hydrogens is 198 g/mol. The Morgan fingerprint density at radius 2 is 2.31 bits per heavy atom. The van der Waals surface area contributed by atoms with Gasteiger partial charge in [-0.2, -0.15) is 0 Å². The van der Waals surface area contributed by atoms with Crippen molar-refractivity contribution in [3.05, 3.63) is 18.2 Å². The summed E-state index contributed by atoms with van der Waals surface area (Å²) in [5.74, 6) is 0.785. The average Bonchev–Trinajstić information content (AvgIpc) is 2.77. The van der Waals surface area contributed by atoms with Gasteiger partial charge in [0.05, 0.1) is 6.33 Å². The zero-order valence-electron chi connectivity index (χ0n) is 10.7. The van der Waals surface area contributed by atoms with Crippen LogP contribution in [0.15, 0.2) is 12.5 Å². The Kier molecular flexibility index (Phi) is 3.33. The van der Waals surface area contributed by atoms with Crippen LogP contribution in [0.25, 0.3) is 0 Å². The standard InChI is InChI=1S/C13H23N3/c1-13(2,3)6-12-8-15-10-16(12)9-11-4-5-14-7-11/h8,10-11,14H,4-7,9H2,1-3H3. The summed E-state index contributed by atoms with van der Waals surface area (Å²) in [5.41, 5.74) is 1.71. The van der Waals surface area contributed by atoms with Gasteiger partial charge in [0, 0.05) is 18.4 Å². The number of hydrogen-bond donors (Lipinski definition) is 1. The Balaban J connectivity index is 2.01. The Hall–Kier alpha value is -0.830. The van der Waals surface area contributed by atoms with E-state index >= 15 is 0 Å². The Bertz CT molecular complexity index is 329. The highest BCUT2D eigenvalue weighted by molar-refractivity contribution is 5.01. The summed E-state index contributed by atoms with van der Waals surface area (Å²) in [5, 5.41) is 3.42. The highest BCUT2D eigenvalue weighted by Gasteiger charge is 2.18. The van der Waals surface area contributed by atoms with E-state index < -0.39 is 0 Å². The van der Waals surface area contributed by atoms with Crippen LogP contribution in [0.2, 0.25) is 0 Å². The summed E-state index contributed by atoms with van der Waals surface area (Å²) in [7, 11) is 0. The molecule has 0 spiro atoms. The number of hydrogen-bond acceptors (Lipinski definition) is 2. The number of rotatable bonds is 3. The Labute approximate surface area is 98.3 Å². The number of nitrogens with zero attached hydrogens (tertiary/aromatic N) is 2. The average molecular weight is 221 g/mol. The third kappa shape index (κ3) is 3.08. The lowest BCUT2D eigenvalue weighted by Gasteiger charge is -2.20. The maximum atomic E-state index is 4.29. The van der Waals surface area contributed by atoms with E-state index in [-0.39, 0.29) is 0 Å². The fourth-order valence-corrected chi connectivity index (χ4v) is 2.35. The molecule has 90 valence electrons. The molecule has 0 saturated carbocycles. The molecular formula is C13H23N3. The molecule has 1 unspecified atom stereocenters. The van der Waals surface area contributed by atoms with E-state index in [0.29, 0.717) is 5.41 Å². The predicted octanol–water partition coefficient (Wildman–Crippen LogP) is 2.08. The van der Waals surface area contributed by atoms with Crippen molar-refractivity contribution in [1.29, 1.82) is 0 Å². The van der Waals surface area contributed by atoms with Gasteiger partial charge < -0.3 is 9.88 Å². The monoisotopic (exact) mass is 221 g/mol. The van der Waals surface area contributed by atoms with Crippen LogP contribution in [0.4, 0.5) is 0 Å². The van der Waals surface area contributed by atoms with Crippen molar-refractivity contribution in [2.24, 2.45) is 11.3 Å². The second-order valence-electron chi connectivity index (χ2n) is 6.13. The van der Waals surface area contributed by atoms with Gasteiger partial charge in [0.2, 0.25) is 0 Å². The zero-order chi connectivity index (χ0) is 11.6. The predicted molar refractivity (Wildman–Crippen MR) is 66.4 cm³/mol. The van der Waals surface area contributed by atoms with Crippen molar-refractivity contribution >= 4 is 0 Å². The van der Waals surface area contributed by atoms with Gasteiger partial charge in [-0.25, -0.2) is 4.98 Å². The van der Waals surface area contributed by atoms with Gasteiger partial charge in [0.1, 0.15) is 0 Å². The molecule has 0 bridgehead atoms. The number of nitrogens with one attached hydrogen (secondary N) is 1. The molecule has 3 nitrogen and oxygen atoms in total. The normalized spacial score (nSPS) is 21.6. The molecule has 16 heavy (non-hydrogen) atoms. The summed E-state index contributed by atoms with van der Waals surface area (Å²) >= 11 is 0. The number of imidazole rings is 1. The van der Waals surface area contributed by atoms with Crippen LogP contribution in [0.1, 0.15) is 32.9 Å². The van der Waals surface area contributed by atoms with Crippen LogP contribution in [0.3, 0.4) is 0 Å². The molecule has 3 heteroatoms. The molecule has 1 aliphatic heterocycles. The summed E-state index contributed by atoms with van der Waals surface area (Å²) in [6, 6.07) is 0. The first-order valence-electron chi connectivity index (χ1n) is 6.24. The molecule has 2 rings (SSSR count). The minimum Gasteiger partial charge on any atom is -0.334 e. The van der Waals surface area contributed by atoms with Crippen molar-refractivity contribution < 1.29 is 0 Å². The van der Waals surface area contributed by atoms with Gasteiger partial charge in [0.25, 0.3) is 0 Å². The van der Waals surface area contributed by atoms with Crippen LogP contribution in [-0.4, -0.2) is 22.6 Å². The van der Waals surface area contributed by atoms with Crippen LogP contribution in [0.5, 0.6) is 0 Å². The highest BCUT2D eigenvalue weighted by atomic mass is 15.1. The lowest BCUT2D eigenvalue weighted by atomic mass is 9.90. The SMILES string of the molecule is CC(C)(C)Cc1cncn1CC1CCNC1. The molecule has 2 heterocycles. The van der Waals surface area contributed by atoms with E-state index in [1.807, 2.05) is 12.5 Å². The van der Waals surface area contributed by atoms with Crippen molar-refractivity contribution in [2.45, 2.75) is 40.2 Å². The second kappa shape index (κ2) is 4.58. The van der Waals surface area contributed by atoms with Gasteiger partial charge in [-0.05, 0) is 37.3 Å². The minimum absolute atomic E-state index is 0.339. The first-order valence-corrected chi connectivity index (χ1v) is 6.24. The van der Waals surface area contributed by atoms with E-state index in [0.717, 1.165) is 25.4 Å². The molecule has 0 radical (unpaired) electrons. The smallest absolute Gasteiger partial charge is 0.0948 e. The van der Waals surface area contributed by atoms with E-state index in [1.165, 1.54) is 18.7 Å². The van der Waals surface area contributed by atoms with Crippen LogP contribution < -0.4 is 5.32 Å². The van der Waals surface area contributed by atoms with Gasteiger partial charge in [-0.1, -0.05) is 20.8 Å². The van der Waals surface area contributed by atoms with E-state index in [4.69, 9.17) is 0 Å². The number of aromatic nitrogens is 2. The van der Waals surface area contributed by atoms with Crippen molar-refractivity contribution in [3.8, 4) is 0 Å². The third-order valence-electron chi connectivity index (χ3n) is 3.13. The second-order valence-corrected chi connectivity index (χ2v) is 6.13. The first-order chi connectivity index (χ1) is 7.54. The van der Waals surface area contributed by atoms with Gasteiger partial charge in [-0.3, -0.25) is 0 Å². The van der Waals surface area contributed by atoms with E-state index in [1.54, 1.807) is 0 Å². The molecule has 1 aromatic rings. The fourth-order valence-electron chi connectivity index (χ4n) is 2.35. The Morgan fingerprint density at radius 3 is 2.94 bits per heavy atom. The van der Waals surface area contributed by atoms with Crippen molar-refractivity contribution in [2.75, 3.05) is 13.1 Å². The molecule has 0 aromatic carbocycles. The van der Waals surface area contributed by atoms with Crippen LogP contribution in [-0.2, 0) is 13.0 Å². The molecule has 1 aliphatic rings. The zero-order valence-corrected chi connectivity index (χ0v) is 10.7.